The fraction of sp³-hybridized carbons (Fsp3) is 0.395. The number of aliphatic imine (C=N–C) groups is 4. The Labute approximate surface area is 821 Å². The second-order valence-electron chi connectivity index (χ2n) is 32.6. The van der Waals surface area contributed by atoms with Crippen LogP contribution in [0.1, 0.15) is 154 Å². The van der Waals surface area contributed by atoms with Gasteiger partial charge in [0.05, 0.1) is 70.6 Å². The van der Waals surface area contributed by atoms with Gasteiger partial charge >= 0.3 is 23.9 Å². The number of guanidine groups is 1. The molecule has 10 aliphatic rings. The first-order valence-electron chi connectivity index (χ1n) is 42.9. The average molecular weight is 2120 g/mol. The SMILES string of the molecule is CCOC(=O)C1=C2C[C@H](NS(=O)(=O)C(C)C)CN2C(c2nccs2)=N[C@H]1c1ccc(F)cc1Cl.CCOC(=O)C1=C2C[C@H](NS(=O)(=O)C3CC(O)C3)CN2C(c2nccs2)=N[C@H]1c1ccc(F)cc1Cl.CCOC(=O)C1=C2C[C@H](NS(=O)(=O)C3CC3)CN2C(Nc2nccs2)=N[C@H]1c1ccc(F)cc1Cl.CCOC(=O)C1=C2C[C@H](NS(N)(=O)=O)CN2C(c2nccs2)=N[C@H]1c1ccc(F)cc1Cl. The summed E-state index contributed by atoms with van der Waals surface area (Å²) < 4.78 is 186. The van der Waals surface area contributed by atoms with E-state index in [0.717, 1.165) is 12.1 Å². The number of amidine groups is 3. The Morgan fingerprint density at radius 3 is 1.04 bits per heavy atom. The molecule has 8 aliphatic heterocycles. The third kappa shape index (κ3) is 23.0. The van der Waals surface area contributed by atoms with Gasteiger partial charge in [-0.2, -0.15) is 13.1 Å². The molecule has 4 aromatic heterocycles. The number of aliphatic hydroxyl groups is 1. The summed E-state index contributed by atoms with van der Waals surface area (Å²) in [5, 5.41) is 26.2. The number of aliphatic hydroxyl groups excluding tert-OH is 1. The lowest BCUT2D eigenvalue weighted by Crippen LogP contribution is -2.49. The number of thiazole rings is 4. The first-order valence-corrected chi connectivity index (χ1v) is 54.1. The van der Waals surface area contributed by atoms with Crippen LogP contribution in [0.2, 0.25) is 20.1 Å². The van der Waals surface area contributed by atoms with Crippen molar-refractivity contribution in [2.45, 2.75) is 163 Å². The number of halogens is 8. The Balaban J connectivity index is 0.000000139. The Morgan fingerprint density at radius 2 is 0.752 bits per heavy atom. The molecule has 4 saturated heterocycles. The van der Waals surface area contributed by atoms with Crippen LogP contribution in [0.25, 0.3) is 0 Å². The van der Waals surface area contributed by atoms with Crippen LogP contribution in [0.5, 0.6) is 0 Å². The summed E-state index contributed by atoms with van der Waals surface area (Å²) in [7, 11) is -14.7. The number of nitrogens with one attached hydrogen (secondary N) is 5. The zero-order valence-corrected chi connectivity index (χ0v) is 83.1. The van der Waals surface area contributed by atoms with Crippen molar-refractivity contribution in [2.75, 3.05) is 57.9 Å². The monoisotopic (exact) mass is 2120 g/mol. The summed E-state index contributed by atoms with van der Waals surface area (Å²) in [6.45, 7) is 11.5. The number of nitrogens with zero attached hydrogens (tertiary/aromatic N) is 12. The second-order valence-corrected chi connectivity index (χ2v) is 45.4. The second kappa shape index (κ2) is 42.8. The third-order valence-corrected chi connectivity index (χ3v) is 33.8. The molecule has 8 N–H and O–H groups in total. The molecule has 4 aromatic carbocycles. The molecule has 8 atom stereocenters. The quantitative estimate of drug-likeness (QED) is 0.0143. The lowest BCUT2D eigenvalue weighted by molar-refractivity contribution is -0.140. The predicted molar refractivity (Wildman–Crippen MR) is 510 cm³/mol. The summed E-state index contributed by atoms with van der Waals surface area (Å²) >= 11 is 30.9. The van der Waals surface area contributed by atoms with E-state index >= 15 is 0 Å². The Bertz CT molecular complexity index is 6720. The van der Waals surface area contributed by atoms with Gasteiger partial charge in [0.1, 0.15) is 47.4 Å². The normalized spacial score (nSPS) is 22.4. The van der Waals surface area contributed by atoms with Gasteiger partial charge in [-0.15, -0.1) is 45.3 Å². The first-order chi connectivity index (χ1) is 65.2. The van der Waals surface area contributed by atoms with Gasteiger partial charge in [-0.1, -0.05) is 70.7 Å². The van der Waals surface area contributed by atoms with Crippen LogP contribution in [-0.4, -0.2) is 224 Å². The van der Waals surface area contributed by atoms with E-state index in [1.54, 1.807) is 103 Å². The van der Waals surface area contributed by atoms with E-state index in [1.165, 1.54) is 106 Å². The fourth-order valence-electron chi connectivity index (χ4n) is 16.8. The summed E-state index contributed by atoms with van der Waals surface area (Å²) in [6.07, 6.45) is 8.49. The largest absolute Gasteiger partial charge is 0.463 e. The number of sulfonamides is 3. The fourth-order valence-corrected chi connectivity index (χ4v) is 25.2. The molecule has 0 unspecified atom stereocenters. The smallest absolute Gasteiger partial charge is 0.338 e. The summed E-state index contributed by atoms with van der Waals surface area (Å²) in [4.78, 5) is 96.2. The molecule has 12 heterocycles. The Morgan fingerprint density at radius 1 is 0.445 bits per heavy atom. The summed E-state index contributed by atoms with van der Waals surface area (Å²) in [6, 6.07) is 9.97. The first kappa shape index (κ1) is 102. The van der Waals surface area contributed by atoms with Crippen LogP contribution in [0.3, 0.4) is 0 Å². The molecule has 2 aliphatic carbocycles. The van der Waals surface area contributed by atoms with E-state index in [2.05, 4.69) is 44.1 Å². The van der Waals surface area contributed by atoms with Crippen molar-refractivity contribution < 1.29 is 94.5 Å². The lowest BCUT2D eigenvalue weighted by atomic mass is 9.94. The highest BCUT2D eigenvalue weighted by molar-refractivity contribution is 7.90. The number of carbonyl (C=O) groups excluding carboxylic acids is 4. The van der Waals surface area contributed by atoms with Crippen LogP contribution >= 0.6 is 91.8 Å². The van der Waals surface area contributed by atoms with Crippen molar-refractivity contribution >= 4 is 185 Å². The minimum absolute atomic E-state index is 0.102. The van der Waals surface area contributed by atoms with E-state index in [4.69, 9.17) is 90.5 Å². The van der Waals surface area contributed by atoms with E-state index in [9.17, 15) is 75.5 Å². The van der Waals surface area contributed by atoms with Crippen molar-refractivity contribution in [3.8, 4) is 0 Å². The standard InChI is InChI=1S/C23H24ClFN4O5S2.C22H23ClFN5O4S2.C22H24ClFN4O4S2.C19H19ClFN5O4S2/c1-2-34-23(31)19-18-8-13(28-36(32,33)15-9-14(30)10-15)11-29(18)21(22-26-5-6-35-22)27-20(19)16-4-3-12(25)7-17(16)24;1-2-33-20(30)18-17-10-13(28-35(31,32)14-4-5-14)11-29(17)21(27-22-25-7-8-34-22)26-19(18)15-6-3-12(24)9-16(15)23;1-4-32-22(29)18-17-10-14(27-34(30,31)12(2)3)11-28(17)20(21-25-7-8-33-21)26-19(18)15-6-5-13(24)9-16(15)23;1-2-30-19(27)15-14-8-11(25-32(22,28)29)9-26(14)17(18-23-5-6-31-18)24-16(15)12-4-3-10(21)7-13(12)20/h3-7,13-15,20,28,30H,2,8-11H2,1H3;3,6-9,13-14,19,28H,2,4-5,10-11H2,1H3,(H,25,26,27);5-9,12,14,19,27H,4,10-11H2,1-3H3;3-7,11,16,25H,2,8-9H2,1H3,(H2,22,28,29)/t13-,14?,15?,20-;13-,19-;14-,19-;11-,16-/m0000/s1. The van der Waals surface area contributed by atoms with Gasteiger partial charge in [0.25, 0.3) is 10.2 Å². The van der Waals surface area contributed by atoms with Crippen LogP contribution in [0.4, 0.5) is 22.7 Å². The number of ether oxygens (including phenoxy) is 4. The molecule has 2 saturated carbocycles. The number of hydrogen-bond acceptors (Lipinski definition) is 34. The molecular formula is C86H90Cl4F4N18O17S8. The van der Waals surface area contributed by atoms with Crippen LogP contribution in [0.15, 0.2) is 184 Å². The van der Waals surface area contributed by atoms with Gasteiger partial charge in [-0.25, -0.2) is 106 Å². The molecule has 8 aromatic rings. The minimum Gasteiger partial charge on any atom is -0.463 e. The number of hydrogen-bond donors (Lipinski definition) is 7. The molecule has 35 nitrogen and oxygen atoms in total. The van der Waals surface area contributed by atoms with Crippen molar-refractivity contribution in [3.63, 3.8) is 0 Å². The molecule has 0 spiro atoms. The van der Waals surface area contributed by atoms with Crippen molar-refractivity contribution in [1.29, 1.82) is 0 Å². The zero-order valence-electron chi connectivity index (χ0n) is 73.5. The minimum atomic E-state index is -3.98. The number of nitrogens with two attached hydrogens (primary N) is 1. The molecule has 137 heavy (non-hydrogen) atoms. The van der Waals surface area contributed by atoms with Crippen LogP contribution in [-0.2, 0) is 78.4 Å². The van der Waals surface area contributed by atoms with E-state index in [-0.39, 0.29) is 139 Å². The van der Waals surface area contributed by atoms with Gasteiger partial charge < -0.3 is 49.0 Å². The molecule has 730 valence electrons. The lowest BCUT2D eigenvalue weighted by Gasteiger charge is -2.32. The molecule has 6 fully saturated rings. The highest BCUT2D eigenvalue weighted by Crippen LogP contribution is 2.49. The topological polar surface area (TPSA) is 462 Å². The molecule has 0 bridgehead atoms. The number of carbonyl (C=O) groups is 4. The number of fused-ring (bicyclic) bond motifs is 4. The van der Waals surface area contributed by atoms with E-state index in [0.29, 0.717) is 102 Å². The van der Waals surface area contributed by atoms with Crippen molar-refractivity contribution in [3.05, 3.63) is 245 Å². The summed E-state index contributed by atoms with van der Waals surface area (Å²) in [5.74, 6) is -2.64. The maximum Gasteiger partial charge on any atom is 0.338 e. The average Bonchev–Trinajstić information content (AvgIpc) is 1.63. The predicted octanol–water partition coefficient (Wildman–Crippen LogP) is 12.0. The number of aromatic nitrogens is 4. The molecule has 18 rings (SSSR count). The third-order valence-electron chi connectivity index (χ3n) is 23.0. The number of rotatable bonds is 27. The van der Waals surface area contributed by atoms with Gasteiger partial charge in [0.2, 0.25) is 36.0 Å². The maximum absolute atomic E-state index is 13.8. The Hall–Kier alpha value is -9.64. The van der Waals surface area contributed by atoms with E-state index < -0.39 is 152 Å². The highest BCUT2D eigenvalue weighted by atomic mass is 35.5. The van der Waals surface area contributed by atoms with Gasteiger partial charge in [0, 0.05) is 187 Å². The highest BCUT2D eigenvalue weighted by Gasteiger charge is 2.51. The number of benzene rings is 4. The van der Waals surface area contributed by atoms with Gasteiger partial charge in [0.15, 0.2) is 37.7 Å². The van der Waals surface area contributed by atoms with Gasteiger partial charge in [-0.3, -0.25) is 15.0 Å². The number of esters is 4. The van der Waals surface area contributed by atoms with Crippen molar-refractivity contribution in [2.24, 2.45) is 25.1 Å². The van der Waals surface area contributed by atoms with Crippen LogP contribution in [0, 0.1) is 23.3 Å². The molecule has 51 heteroatoms. The molecule has 0 radical (unpaired) electrons. The van der Waals surface area contributed by atoms with Gasteiger partial charge in [-0.05, 0) is 116 Å². The van der Waals surface area contributed by atoms with Crippen molar-refractivity contribution in [1.82, 2.24) is 58.4 Å². The molecular weight excluding hydrogens is 2030 g/mol. The van der Waals surface area contributed by atoms with E-state index in [1.807, 2.05) is 4.90 Å². The Kier molecular flexibility index (Phi) is 31.8. The summed E-state index contributed by atoms with van der Waals surface area (Å²) in [5.41, 5.74) is 4.89. The number of anilines is 1. The van der Waals surface area contributed by atoms with Crippen LogP contribution < -0.4 is 29.3 Å². The molecule has 0 amide bonds. The maximum atomic E-state index is 13.8. The zero-order chi connectivity index (χ0) is 98.0.